The number of anilines is 1. The van der Waals surface area contributed by atoms with Crippen molar-refractivity contribution in [3.63, 3.8) is 0 Å². The van der Waals surface area contributed by atoms with Gasteiger partial charge in [-0.1, -0.05) is 20.8 Å². The lowest BCUT2D eigenvalue weighted by molar-refractivity contribution is -0.161. The van der Waals surface area contributed by atoms with Crippen molar-refractivity contribution in [2.75, 3.05) is 11.9 Å². The highest BCUT2D eigenvalue weighted by Gasteiger charge is 2.60. The quantitative estimate of drug-likeness (QED) is 0.282. The number of nitrogens with one attached hydrogen (secondary N) is 2. The van der Waals surface area contributed by atoms with Crippen LogP contribution >= 0.6 is 0 Å². The van der Waals surface area contributed by atoms with E-state index in [4.69, 9.17) is 18.9 Å². The van der Waals surface area contributed by atoms with Crippen LogP contribution in [0.3, 0.4) is 0 Å². The smallest absolute Gasteiger partial charge is 0.408 e. The topological polar surface area (TPSA) is 203 Å². The number of carbonyl (C=O) groups is 4. The Morgan fingerprint density at radius 3 is 2.52 bits per heavy atom. The number of aromatic nitrogens is 3. The Kier molecular flexibility index (Phi) is 9.75. The zero-order chi connectivity index (χ0) is 31.4. The number of alkyl carbamates (subject to hydrolysis) is 1. The molecule has 15 heteroatoms. The molecule has 0 aliphatic carbocycles. The molecule has 1 saturated heterocycles. The van der Waals surface area contributed by atoms with Crippen LogP contribution in [0.15, 0.2) is 18.5 Å². The van der Waals surface area contributed by atoms with Gasteiger partial charge in [0.2, 0.25) is 11.5 Å². The van der Waals surface area contributed by atoms with Crippen LogP contribution < -0.4 is 10.6 Å². The summed E-state index contributed by atoms with van der Waals surface area (Å²) in [5, 5.41) is 30.9. The first-order valence-corrected chi connectivity index (χ1v) is 13.4. The minimum atomic E-state index is -2.13. The Morgan fingerprint density at radius 1 is 1.26 bits per heavy atom. The first-order valence-electron chi connectivity index (χ1n) is 13.4. The fourth-order valence-corrected chi connectivity index (χ4v) is 4.34. The summed E-state index contributed by atoms with van der Waals surface area (Å²) >= 11 is 0. The molecule has 2 aromatic rings. The SMILES string of the molecule is CCC(=O)O[C@H]1[C@@H](O)[C@](C#N)(c2ccc3c(NC(C)=O)ncnn23)O[C@@H]1COC(=O)[C@@H](NC(=O)OC(C)(C)C)C(C)C. The molecule has 0 bridgehead atoms. The molecule has 1 aliphatic heterocycles. The van der Waals surface area contributed by atoms with Crippen LogP contribution in [0.5, 0.6) is 0 Å². The Hall–Kier alpha value is -4.29. The van der Waals surface area contributed by atoms with E-state index in [9.17, 15) is 29.5 Å². The highest BCUT2D eigenvalue weighted by atomic mass is 16.6. The number of hydrogen-bond donors (Lipinski definition) is 3. The van der Waals surface area contributed by atoms with E-state index in [0.717, 1.165) is 6.33 Å². The molecule has 1 fully saturated rings. The summed E-state index contributed by atoms with van der Waals surface area (Å²) in [6.45, 7) is 10.7. The maximum absolute atomic E-state index is 13.0. The zero-order valence-corrected chi connectivity index (χ0v) is 24.5. The molecule has 0 aromatic carbocycles. The number of fused-ring (bicyclic) bond motifs is 1. The molecule has 3 rings (SSSR count). The van der Waals surface area contributed by atoms with Gasteiger partial charge in [-0.3, -0.25) is 9.59 Å². The van der Waals surface area contributed by atoms with Crippen molar-refractivity contribution in [3.8, 4) is 6.07 Å². The lowest BCUT2D eigenvalue weighted by Crippen LogP contribution is -2.48. The number of hydrogen-bond acceptors (Lipinski definition) is 12. The van der Waals surface area contributed by atoms with Gasteiger partial charge in [-0.15, -0.1) is 0 Å². The molecule has 0 radical (unpaired) electrons. The molecule has 0 spiro atoms. The number of ether oxygens (including phenoxy) is 4. The third-order valence-electron chi connectivity index (χ3n) is 6.26. The van der Waals surface area contributed by atoms with Gasteiger partial charge >= 0.3 is 18.0 Å². The van der Waals surface area contributed by atoms with Gasteiger partial charge in [0.15, 0.2) is 11.9 Å². The standard InChI is InChI=1S/C27H36N6O9/c1-8-19(35)40-21-17(11-39-24(37)20(14(2)3)32-25(38)42-26(5,6)7)41-27(12-28,22(21)36)18-10-9-16-23(31-15(4)34)29-13-30-33(16)18/h9-10,13-14,17,20-22,36H,8,11H2,1-7H3,(H,32,38)(H,29,30,31,34)/t17-,20+,21-,22-,27+/m1/s1. The van der Waals surface area contributed by atoms with Crippen molar-refractivity contribution in [2.45, 2.75) is 90.4 Å². The normalized spacial score (nSPS) is 22.7. The highest BCUT2D eigenvalue weighted by molar-refractivity contribution is 5.92. The van der Waals surface area contributed by atoms with Gasteiger partial charge in [-0.05, 0) is 38.8 Å². The second kappa shape index (κ2) is 12.7. The van der Waals surface area contributed by atoms with Gasteiger partial charge in [-0.25, -0.2) is 19.1 Å². The van der Waals surface area contributed by atoms with Crippen molar-refractivity contribution in [1.82, 2.24) is 19.9 Å². The second-order valence-electron chi connectivity index (χ2n) is 11.1. The van der Waals surface area contributed by atoms with Crippen molar-refractivity contribution in [2.24, 2.45) is 5.92 Å². The third kappa shape index (κ3) is 6.94. The number of nitrogens with zero attached hydrogens (tertiary/aromatic N) is 4. The summed E-state index contributed by atoms with van der Waals surface area (Å²) in [5.74, 6) is -2.14. The van der Waals surface area contributed by atoms with Crippen LogP contribution in [-0.2, 0) is 38.9 Å². The minimum Gasteiger partial charge on any atom is -0.461 e. The van der Waals surface area contributed by atoms with Gasteiger partial charge < -0.3 is 34.7 Å². The van der Waals surface area contributed by atoms with E-state index >= 15 is 0 Å². The van der Waals surface area contributed by atoms with E-state index in [2.05, 4.69) is 20.7 Å². The van der Waals surface area contributed by atoms with Crippen LogP contribution in [0.4, 0.5) is 10.6 Å². The molecule has 5 atom stereocenters. The predicted molar refractivity (Wildman–Crippen MR) is 145 cm³/mol. The number of esters is 2. The molecule has 2 amide bonds. The van der Waals surface area contributed by atoms with Gasteiger partial charge in [0, 0.05) is 13.3 Å². The molecule has 1 aliphatic rings. The lowest BCUT2D eigenvalue weighted by atomic mass is 9.92. The monoisotopic (exact) mass is 588 g/mol. The molecule has 15 nitrogen and oxygen atoms in total. The Balaban J connectivity index is 1.91. The van der Waals surface area contributed by atoms with Crippen LogP contribution in [0.1, 0.15) is 60.6 Å². The van der Waals surface area contributed by atoms with E-state index in [1.807, 2.05) is 6.07 Å². The predicted octanol–water partition coefficient (Wildman–Crippen LogP) is 1.58. The molecule has 3 N–H and O–H groups in total. The number of aliphatic hydroxyl groups excluding tert-OH is 1. The highest BCUT2D eigenvalue weighted by Crippen LogP contribution is 2.42. The summed E-state index contributed by atoms with van der Waals surface area (Å²) in [7, 11) is 0. The molecular weight excluding hydrogens is 552 g/mol. The van der Waals surface area contributed by atoms with Gasteiger partial charge in [0.25, 0.3) is 0 Å². The number of aliphatic hydroxyl groups is 1. The van der Waals surface area contributed by atoms with Crippen LogP contribution in [-0.4, -0.2) is 80.2 Å². The van der Waals surface area contributed by atoms with Crippen molar-refractivity contribution in [1.29, 1.82) is 5.26 Å². The molecule has 2 aromatic heterocycles. The number of nitriles is 1. The second-order valence-corrected chi connectivity index (χ2v) is 11.1. The maximum atomic E-state index is 13.0. The Bertz CT molecular complexity index is 1380. The molecule has 228 valence electrons. The van der Waals surface area contributed by atoms with Crippen LogP contribution in [0.25, 0.3) is 5.52 Å². The van der Waals surface area contributed by atoms with Gasteiger partial charge in [0.1, 0.15) is 48.4 Å². The summed E-state index contributed by atoms with van der Waals surface area (Å²) in [4.78, 5) is 53.3. The molecule has 0 unspecified atom stereocenters. The lowest BCUT2D eigenvalue weighted by Gasteiger charge is -2.25. The fourth-order valence-electron chi connectivity index (χ4n) is 4.34. The average Bonchev–Trinajstić information content (AvgIpc) is 3.45. The number of carbonyl (C=O) groups excluding carboxylic acids is 4. The van der Waals surface area contributed by atoms with Crippen LogP contribution in [0, 0.1) is 17.2 Å². The Labute approximate surface area is 242 Å². The first-order chi connectivity index (χ1) is 19.6. The third-order valence-corrected chi connectivity index (χ3v) is 6.26. The largest absolute Gasteiger partial charge is 0.461 e. The summed E-state index contributed by atoms with van der Waals surface area (Å²) in [5.41, 5.74) is -2.56. The summed E-state index contributed by atoms with van der Waals surface area (Å²) in [6, 6.07) is 3.84. The number of rotatable bonds is 9. The van der Waals surface area contributed by atoms with E-state index in [1.54, 1.807) is 41.5 Å². The molecule has 0 saturated carbocycles. The van der Waals surface area contributed by atoms with Gasteiger partial charge in [0.05, 0.1) is 5.69 Å². The van der Waals surface area contributed by atoms with E-state index in [0.29, 0.717) is 5.52 Å². The minimum absolute atomic E-state index is 0.0358. The summed E-state index contributed by atoms with van der Waals surface area (Å²) in [6.07, 6.45) is -4.14. The average molecular weight is 589 g/mol. The fraction of sp³-hybridized carbons (Fsp3) is 0.593. The van der Waals surface area contributed by atoms with Crippen molar-refractivity contribution in [3.05, 3.63) is 24.2 Å². The molecular formula is C27H36N6O9. The van der Waals surface area contributed by atoms with E-state index in [-0.39, 0.29) is 23.8 Å². The molecule has 3 heterocycles. The van der Waals surface area contributed by atoms with E-state index < -0.39 is 66.1 Å². The maximum Gasteiger partial charge on any atom is 0.408 e. The Morgan fingerprint density at radius 2 is 1.95 bits per heavy atom. The first kappa shape index (κ1) is 32.2. The molecule has 42 heavy (non-hydrogen) atoms. The van der Waals surface area contributed by atoms with Crippen molar-refractivity contribution >= 4 is 35.3 Å². The zero-order valence-electron chi connectivity index (χ0n) is 24.5. The van der Waals surface area contributed by atoms with Crippen molar-refractivity contribution < 1.29 is 43.2 Å². The van der Waals surface area contributed by atoms with Crippen LogP contribution in [0.2, 0.25) is 0 Å². The number of amides is 2. The van der Waals surface area contributed by atoms with Gasteiger partial charge in [-0.2, -0.15) is 10.4 Å². The van der Waals surface area contributed by atoms with E-state index in [1.165, 1.54) is 23.6 Å². The summed E-state index contributed by atoms with van der Waals surface area (Å²) < 4.78 is 23.4.